The number of aryl methyl sites for hydroxylation is 1. The molecule has 0 fully saturated rings. The number of hydrogen-bond donors (Lipinski definition) is 1. The van der Waals surface area contributed by atoms with Gasteiger partial charge in [-0.15, -0.1) is 0 Å². The van der Waals surface area contributed by atoms with Gasteiger partial charge in [0, 0.05) is 23.1 Å². The molecule has 0 spiro atoms. The zero-order chi connectivity index (χ0) is 14.0. The van der Waals surface area contributed by atoms with Crippen LogP contribution in [-0.2, 0) is 6.42 Å². The number of benzene rings is 1. The third-order valence-electron chi connectivity index (χ3n) is 2.78. The van der Waals surface area contributed by atoms with Crippen molar-refractivity contribution in [1.82, 2.24) is 4.98 Å². The fourth-order valence-electron chi connectivity index (χ4n) is 1.79. The minimum absolute atomic E-state index is 0.0885. The highest BCUT2D eigenvalue weighted by Crippen LogP contribution is 2.28. The van der Waals surface area contributed by atoms with E-state index in [-0.39, 0.29) is 11.3 Å². The largest absolute Gasteiger partial charge is 0.399 e. The first kappa shape index (κ1) is 13.4. The molecule has 0 unspecified atom stereocenters. The van der Waals surface area contributed by atoms with E-state index in [2.05, 4.69) is 4.98 Å². The summed E-state index contributed by atoms with van der Waals surface area (Å²) in [6, 6.07) is 8.30. The molecular formula is C14H13F3N2. The SMILES string of the molecule is Cc1ccc(-c2ccc(N)c(CC(F)(F)F)c2)cn1. The molecule has 2 rings (SSSR count). The lowest BCUT2D eigenvalue weighted by Gasteiger charge is -2.11. The van der Waals surface area contributed by atoms with Crippen molar-refractivity contribution in [3.8, 4) is 11.1 Å². The van der Waals surface area contributed by atoms with Gasteiger partial charge in [-0.3, -0.25) is 4.98 Å². The molecular weight excluding hydrogens is 253 g/mol. The molecule has 0 atom stereocenters. The molecule has 0 aliphatic heterocycles. The van der Waals surface area contributed by atoms with Gasteiger partial charge < -0.3 is 5.73 Å². The summed E-state index contributed by atoms with van der Waals surface area (Å²) in [6.45, 7) is 1.85. The van der Waals surface area contributed by atoms with Crippen molar-refractivity contribution in [3.63, 3.8) is 0 Å². The number of pyridine rings is 1. The van der Waals surface area contributed by atoms with Crippen LogP contribution < -0.4 is 5.73 Å². The van der Waals surface area contributed by atoms with Crippen LogP contribution >= 0.6 is 0 Å². The second-order valence-corrected chi connectivity index (χ2v) is 4.39. The lowest BCUT2D eigenvalue weighted by molar-refractivity contribution is -0.127. The molecule has 0 amide bonds. The number of rotatable bonds is 2. The molecule has 0 radical (unpaired) electrons. The van der Waals surface area contributed by atoms with Crippen LogP contribution in [0.2, 0.25) is 0 Å². The number of hydrogen-bond acceptors (Lipinski definition) is 2. The zero-order valence-electron chi connectivity index (χ0n) is 10.3. The monoisotopic (exact) mass is 266 g/mol. The summed E-state index contributed by atoms with van der Waals surface area (Å²) in [5.74, 6) is 0. The molecule has 0 saturated carbocycles. The highest BCUT2D eigenvalue weighted by atomic mass is 19.4. The Bertz CT molecular complexity index is 574. The van der Waals surface area contributed by atoms with Crippen molar-refractivity contribution in [2.45, 2.75) is 19.5 Å². The van der Waals surface area contributed by atoms with E-state index in [9.17, 15) is 13.2 Å². The third-order valence-corrected chi connectivity index (χ3v) is 2.78. The van der Waals surface area contributed by atoms with E-state index in [4.69, 9.17) is 5.73 Å². The molecule has 19 heavy (non-hydrogen) atoms. The van der Waals surface area contributed by atoms with Crippen molar-refractivity contribution in [1.29, 1.82) is 0 Å². The van der Waals surface area contributed by atoms with E-state index in [0.29, 0.717) is 5.56 Å². The topological polar surface area (TPSA) is 38.9 Å². The van der Waals surface area contributed by atoms with E-state index in [1.54, 1.807) is 12.3 Å². The maximum absolute atomic E-state index is 12.4. The van der Waals surface area contributed by atoms with Crippen LogP contribution in [0.5, 0.6) is 0 Å². The van der Waals surface area contributed by atoms with Gasteiger partial charge in [0.1, 0.15) is 0 Å². The van der Waals surface area contributed by atoms with Crippen molar-refractivity contribution >= 4 is 5.69 Å². The van der Waals surface area contributed by atoms with Crippen LogP contribution in [0.15, 0.2) is 36.5 Å². The Morgan fingerprint density at radius 1 is 1.11 bits per heavy atom. The highest BCUT2D eigenvalue weighted by Gasteiger charge is 2.28. The van der Waals surface area contributed by atoms with Crippen molar-refractivity contribution < 1.29 is 13.2 Å². The Kier molecular flexibility index (Phi) is 3.46. The average Bonchev–Trinajstić information content (AvgIpc) is 2.31. The standard InChI is InChI=1S/C14H13F3N2/c1-9-2-3-11(8-19-9)10-4-5-13(18)12(6-10)7-14(15,16)17/h2-6,8H,7,18H2,1H3. The summed E-state index contributed by atoms with van der Waals surface area (Å²) in [4.78, 5) is 4.13. The molecule has 5 heteroatoms. The second kappa shape index (κ2) is 4.91. The molecule has 2 nitrogen and oxygen atoms in total. The van der Waals surface area contributed by atoms with Crippen LogP contribution in [-0.4, -0.2) is 11.2 Å². The van der Waals surface area contributed by atoms with Crippen LogP contribution in [0.4, 0.5) is 18.9 Å². The fraction of sp³-hybridized carbons (Fsp3) is 0.214. The summed E-state index contributed by atoms with van der Waals surface area (Å²) in [7, 11) is 0. The number of alkyl halides is 3. The number of aromatic nitrogens is 1. The Labute approximate surface area is 109 Å². The first-order valence-corrected chi connectivity index (χ1v) is 5.73. The predicted octanol–water partition coefficient (Wildman–Crippen LogP) is 3.74. The summed E-state index contributed by atoms with van der Waals surface area (Å²) >= 11 is 0. The summed E-state index contributed by atoms with van der Waals surface area (Å²) in [6.07, 6.45) is -3.65. The van der Waals surface area contributed by atoms with Crippen molar-refractivity contribution in [3.05, 3.63) is 47.8 Å². The Morgan fingerprint density at radius 2 is 1.79 bits per heavy atom. The zero-order valence-corrected chi connectivity index (χ0v) is 10.3. The van der Waals surface area contributed by atoms with Crippen molar-refractivity contribution in [2.24, 2.45) is 0 Å². The molecule has 0 bridgehead atoms. The van der Waals surface area contributed by atoms with Crippen LogP contribution in [0.25, 0.3) is 11.1 Å². The summed E-state index contributed by atoms with van der Waals surface area (Å²) < 4.78 is 37.3. The van der Waals surface area contributed by atoms with Gasteiger partial charge in [-0.05, 0) is 36.2 Å². The Balaban J connectivity index is 2.38. The molecule has 2 aromatic rings. The third kappa shape index (κ3) is 3.47. The van der Waals surface area contributed by atoms with E-state index >= 15 is 0 Å². The summed E-state index contributed by atoms with van der Waals surface area (Å²) in [5, 5.41) is 0. The number of nitrogens with zero attached hydrogens (tertiary/aromatic N) is 1. The molecule has 1 aromatic carbocycles. The van der Waals surface area contributed by atoms with E-state index in [1.807, 2.05) is 19.1 Å². The highest BCUT2D eigenvalue weighted by molar-refractivity contribution is 5.67. The van der Waals surface area contributed by atoms with E-state index in [0.717, 1.165) is 11.3 Å². The average molecular weight is 266 g/mol. The molecule has 2 N–H and O–H groups in total. The normalized spacial score (nSPS) is 11.6. The second-order valence-electron chi connectivity index (χ2n) is 4.39. The van der Waals surface area contributed by atoms with Gasteiger partial charge >= 0.3 is 6.18 Å². The van der Waals surface area contributed by atoms with E-state index in [1.165, 1.54) is 12.1 Å². The van der Waals surface area contributed by atoms with Gasteiger partial charge in [0.15, 0.2) is 0 Å². The molecule has 0 saturated heterocycles. The smallest absolute Gasteiger partial charge is 0.393 e. The maximum Gasteiger partial charge on any atom is 0.393 e. The number of halogens is 3. The number of anilines is 1. The van der Waals surface area contributed by atoms with Gasteiger partial charge in [0.05, 0.1) is 6.42 Å². The maximum atomic E-state index is 12.4. The lowest BCUT2D eigenvalue weighted by Crippen LogP contribution is -2.13. The van der Waals surface area contributed by atoms with E-state index < -0.39 is 12.6 Å². The van der Waals surface area contributed by atoms with Gasteiger partial charge in [-0.2, -0.15) is 13.2 Å². The molecule has 1 heterocycles. The van der Waals surface area contributed by atoms with Crippen molar-refractivity contribution in [2.75, 3.05) is 5.73 Å². The first-order valence-electron chi connectivity index (χ1n) is 5.73. The molecule has 100 valence electrons. The first-order chi connectivity index (χ1) is 8.85. The van der Waals surface area contributed by atoms with Gasteiger partial charge in [0.25, 0.3) is 0 Å². The van der Waals surface area contributed by atoms with Crippen LogP contribution in [0.1, 0.15) is 11.3 Å². The minimum Gasteiger partial charge on any atom is -0.399 e. The fourth-order valence-corrected chi connectivity index (χ4v) is 1.79. The van der Waals surface area contributed by atoms with Crippen LogP contribution in [0.3, 0.4) is 0 Å². The Hall–Kier alpha value is -2.04. The molecule has 1 aromatic heterocycles. The van der Waals surface area contributed by atoms with Gasteiger partial charge in [0.2, 0.25) is 0 Å². The quantitative estimate of drug-likeness (QED) is 0.841. The van der Waals surface area contributed by atoms with Gasteiger partial charge in [-0.25, -0.2) is 0 Å². The molecule has 0 aliphatic carbocycles. The lowest BCUT2D eigenvalue weighted by atomic mass is 10.0. The minimum atomic E-state index is -4.27. The van der Waals surface area contributed by atoms with Gasteiger partial charge in [-0.1, -0.05) is 12.1 Å². The number of nitrogen functional groups attached to an aromatic ring is 1. The molecule has 0 aliphatic rings. The van der Waals surface area contributed by atoms with Crippen LogP contribution in [0, 0.1) is 6.92 Å². The summed E-state index contributed by atoms with van der Waals surface area (Å²) in [5.41, 5.74) is 8.14. The number of nitrogens with two attached hydrogens (primary N) is 1. The Morgan fingerprint density at radius 3 is 2.37 bits per heavy atom. The predicted molar refractivity (Wildman–Crippen MR) is 68.6 cm³/mol.